The second kappa shape index (κ2) is 6.68. The Bertz CT molecular complexity index is 1160. The molecule has 2 aromatic carbocycles. The van der Waals surface area contributed by atoms with Crippen LogP contribution in [0.1, 0.15) is 20.8 Å². The van der Waals surface area contributed by atoms with Gasteiger partial charge >= 0.3 is 0 Å². The van der Waals surface area contributed by atoms with Crippen molar-refractivity contribution in [1.29, 1.82) is 0 Å². The average molecular weight is 432 g/mol. The summed E-state index contributed by atoms with van der Waals surface area (Å²) in [5, 5.41) is 7.54. The smallest absolute Gasteiger partial charge is 0.160 e. The van der Waals surface area contributed by atoms with Crippen LogP contribution >= 0.6 is 23.1 Å². The number of anilines is 1. The molecule has 0 spiro atoms. The average Bonchev–Trinajstić information content (AvgIpc) is 3.16. The van der Waals surface area contributed by atoms with E-state index in [2.05, 4.69) is 36.4 Å². The number of hydrogen-bond acceptors (Lipinski definition) is 6. The summed E-state index contributed by atoms with van der Waals surface area (Å²) < 4.78 is 33.6. The molecule has 1 aromatic heterocycles. The van der Waals surface area contributed by atoms with Crippen LogP contribution in [0.3, 0.4) is 0 Å². The fourth-order valence-electron chi connectivity index (χ4n) is 3.52. The van der Waals surface area contributed by atoms with E-state index >= 15 is 0 Å². The molecule has 0 amide bonds. The molecule has 1 saturated heterocycles. The van der Waals surface area contributed by atoms with Crippen LogP contribution in [0.5, 0.6) is 0 Å². The van der Waals surface area contributed by atoms with Gasteiger partial charge in [0, 0.05) is 21.9 Å². The van der Waals surface area contributed by atoms with E-state index in [0.29, 0.717) is 10.6 Å². The highest BCUT2D eigenvalue weighted by Gasteiger charge is 2.47. The summed E-state index contributed by atoms with van der Waals surface area (Å²) in [7, 11) is 0. The number of hydrogen-bond donors (Lipinski definition) is 2. The Kier molecular flexibility index (Phi) is 4.34. The zero-order chi connectivity index (χ0) is 20.3. The van der Waals surface area contributed by atoms with Crippen LogP contribution in [0.4, 0.5) is 14.5 Å². The van der Waals surface area contributed by atoms with Crippen LogP contribution in [0, 0.1) is 11.6 Å². The summed E-state index contributed by atoms with van der Waals surface area (Å²) in [5.41, 5.74) is 3.47. The van der Waals surface area contributed by atoms with Crippen molar-refractivity contribution >= 4 is 39.0 Å². The predicted octanol–water partition coefficient (Wildman–Crippen LogP) is 5.68. The maximum Gasteiger partial charge on any atom is 0.160 e. The molecule has 4 nitrogen and oxygen atoms in total. The number of halogens is 2. The highest BCUT2D eigenvalue weighted by Crippen LogP contribution is 2.46. The second-order valence-electron chi connectivity index (χ2n) is 7.68. The van der Waals surface area contributed by atoms with Crippen molar-refractivity contribution in [3.05, 3.63) is 58.6 Å². The molecule has 2 aliphatic heterocycles. The van der Waals surface area contributed by atoms with Gasteiger partial charge in [-0.1, -0.05) is 11.8 Å². The Hall–Kier alpha value is -2.16. The molecule has 0 bridgehead atoms. The van der Waals surface area contributed by atoms with Crippen LogP contribution < -0.4 is 10.6 Å². The number of epoxide rings is 1. The largest absolute Gasteiger partial charge is 0.374 e. The minimum Gasteiger partial charge on any atom is -0.374 e. The van der Waals surface area contributed by atoms with Crippen LogP contribution in [0.2, 0.25) is 0 Å². The SMILES string of the molecule is CC1=C(C2OC2Nc2ccc3sc(-c4ccc(F)c(F)c4)nc3c2)SC(C)(C)N1. The van der Waals surface area contributed by atoms with Crippen LogP contribution in [0.25, 0.3) is 20.8 Å². The summed E-state index contributed by atoms with van der Waals surface area (Å²) in [6, 6.07) is 9.78. The molecule has 5 rings (SSSR count). The van der Waals surface area contributed by atoms with E-state index in [0.717, 1.165) is 22.0 Å². The number of aromatic nitrogens is 1. The molecule has 0 radical (unpaired) electrons. The first-order chi connectivity index (χ1) is 13.8. The van der Waals surface area contributed by atoms with E-state index in [1.54, 1.807) is 17.8 Å². The Morgan fingerprint density at radius 1 is 1.14 bits per heavy atom. The number of nitrogens with zero attached hydrogens (tertiary/aromatic N) is 1. The molecule has 3 heterocycles. The normalized spacial score (nSPS) is 22.8. The van der Waals surface area contributed by atoms with E-state index in [1.165, 1.54) is 28.0 Å². The van der Waals surface area contributed by atoms with E-state index in [9.17, 15) is 8.78 Å². The van der Waals surface area contributed by atoms with Gasteiger partial charge in [-0.05, 0) is 57.2 Å². The van der Waals surface area contributed by atoms with Gasteiger partial charge in [0.05, 0.1) is 15.1 Å². The van der Waals surface area contributed by atoms with Gasteiger partial charge in [-0.3, -0.25) is 0 Å². The number of benzene rings is 2. The lowest BCUT2D eigenvalue weighted by Crippen LogP contribution is -2.29. The van der Waals surface area contributed by atoms with Crippen molar-refractivity contribution in [2.45, 2.75) is 38.0 Å². The fourth-order valence-corrected chi connectivity index (χ4v) is 5.71. The summed E-state index contributed by atoms with van der Waals surface area (Å²) in [6.45, 7) is 6.39. The number of thiazole rings is 1. The summed E-state index contributed by atoms with van der Waals surface area (Å²) in [6.07, 6.45) is -0.0111. The lowest BCUT2D eigenvalue weighted by Gasteiger charge is -2.18. The summed E-state index contributed by atoms with van der Waals surface area (Å²) >= 11 is 3.25. The van der Waals surface area contributed by atoms with E-state index < -0.39 is 11.6 Å². The van der Waals surface area contributed by atoms with Crippen molar-refractivity contribution < 1.29 is 13.5 Å². The first kappa shape index (κ1) is 18.8. The zero-order valence-electron chi connectivity index (χ0n) is 16.0. The Balaban J connectivity index is 1.34. The third-order valence-electron chi connectivity index (χ3n) is 4.84. The Morgan fingerprint density at radius 3 is 2.69 bits per heavy atom. The topological polar surface area (TPSA) is 49.5 Å². The number of nitrogens with one attached hydrogen (secondary N) is 2. The van der Waals surface area contributed by atoms with E-state index in [4.69, 9.17) is 4.74 Å². The minimum atomic E-state index is -0.868. The first-order valence-electron chi connectivity index (χ1n) is 9.25. The van der Waals surface area contributed by atoms with Gasteiger partial charge in [0.2, 0.25) is 0 Å². The molecular weight excluding hydrogens is 412 g/mol. The highest BCUT2D eigenvalue weighted by atomic mass is 32.2. The minimum absolute atomic E-state index is 0.00828. The first-order valence-corrected chi connectivity index (χ1v) is 10.9. The molecular formula is C21H19F2N3OS2. The third-order valence-corrected chi connectivity index (χ3v) is 7.29. The molecule has 2 atom stereocenters. The van der Waals surface area contributed by atoms with Gasteiger partial charge in [0.1, 0.15) is 11.1 Å². The molecule has 2 aliphatic rings. The lowest BCUT2D eigenvalue weighted by atomic mass is 10.2. The van der Waals surface area contributed by atoms with Crippen molar-refractivity contribution in [2.75, 3.05) is 5.32 Å². The molecule has 0 saturated carbocycles. The molecule has 1 fully saturated rings. The molecule has 0 aliphatic carbocycles. The maximum absolute atomic E-state index is 13.5. The van der Waals surface area contributed by atoms with Crippen LogP contribution in [-0.2, 0) is 4.74 Å². The number of rotatable bonds is 4. The zero-order valence-corrected chi connectivity index (χ0v) is 17.7. The highest BCUT2D eigenvalue weighted by molar-refractivity contribution is 8.04. The van der Waals surface area contributed by atoms with Crippen molar-refractivity contribution in [3.63, 3.8) is 0 Å². The van der Waals surface area contributed by atoms with Gasteiger partial charge in [0.25, 0.3) is 0 Å². The molecule has 2 N–H and O–H groups in total. The van der Waals surface area contributed by atoms with Gasteiger partial charge in [-0.15, -0.1) is 11.3 Å². The predicted molar refractivity (Wildman–Crippen MR) is 115 cm³/mol. The van der Waals surface area contributed by atoms with E-state index in [1.807, 2.05) is 18.2 Å². The number of fused-ring (bicyclic) bond motifs is 1. The number of thioether (sulfide) groups is 1. The molecule has 29 heavy (non-hydrogen) atoms. The van der Waals surface area contributed by atoms with E-state index in [-0.39, 0.29) is 17.2 Å². The van der Waals surface area contributed by atoms with Gasteiger partial charge in [0.15, 0.2) is 17.9 Å². The second-order valence-corrected chi connectivity index (χ2v) is 10.4. The fraction of sp³-hybridized carbons (Fsp3) is 0.286. The molecule has 150 valence electrons. The van der Waals surface area contributed by atoms with Gasteiger partial charge in [-0.2, -0.15) is 0 Å². The maximum atomic E-state index is 13.5. The van der Waals surface area contributed by atoms with Crippen molar-refractivity contribution in [1.82, 2.24) is 10.3 Å². The standard InChI is InChI=1S/C21H19F2N3OS2/c1-10-18(29-21(2,3)26-10)17-19(27-17)24-12-5-7-16-15(9-12)25-20(28-16)11-4-6-13(22)14(23)8-11/h4-9,17,19,24,26H,1-3H3. The van der Waals surface area contributed by atoms with Crippen LogP contribution in [-0.4, -0.2) is 22.2 Å². The monoisotopic (exact) mass is 431 g/mol. The molecule has 3 aromatic rings. The van der Waals surface area contributed by atoms with Crippen molar-refractivity contribution in [2.24, 2.45) is 0 Å². The quantitative estimate of drug-likeness (QED) is 0.521. The molecule has 8 heteroatoms. The van der Waals surface area contributed by atoms with Crippen molar-refractivity contribution in [3.8, 4) is 10.6 Å². The Labute approximate surface area is 175 Å². The summed E-state index contributed by atoms with van der Waals surface area (Å²) in [4.78, 5) is 5.83. The lowest BCUT2D eigenvalue weighted by molar-refractivity contribution is 0.402. The molecule has 2 unspecified atom stereocenters. The third kappa shape index (κ3) is 3.60. The number of ether oxygens (including phenoxy) is 1. The van der Waals surface area contributed by atoms with Gasteiger partial charge < -0.3 is 15.4 Å². The Morgan fingerprint density at radius 2 is 1.97 bits per heavy atom. The van der Waals surface area contributed by atoms with Crippen LogP contribution in [0.15, 0.2) is 47.0 Å². The van der Waals surface area contributed by atoms with Gasteiger partial charge in [-0.25, -0.2) is 13.8 Å². The number of allylic oxidation sites excluding steroid dienone is 1. The summed E-state index contributed by atoms with van der Waals surface area (Å²) in [5.74, 6) is -1.72.